The van der Waals surface area contributed by atoms with E-state index >= 15 is 0 Å². The van der Waals surface area contributed by atoms with E-state index in [0.717, 1.165) is 12.8 Å². The lowest BCUT2D eigenvalue weighted by molar-refractivity contribution is 0.380. The van der Waals surface area contributed by atoms with E-state index in [0.29, 0.717) is 23.3 Å². The molecule has 0 saturated carbocycles. The highest BCUT2D eigenvalue weighted by Crippen LogP contribution is 2.23. The first-order valence-electron chi connectivity index (χ1n) is 6.06. The number of methoxy groups -OCH3 is 1. The molecule has 0 aliphatic carbocycles. The fraction of sp³-hybridized carbons (Fsp3) is 0.667. The molecular weight excluding hydrogens is 273 g/mol. The van der Waals surface area contributed by atoms with Crippen molar-refractivity contribution in [3.63, 3.8) is 0 Å². The third-order valence-electron chi connectivity index (χ3n) is 2.93. The molecule has 0 amide bonds. The Morgan fingerprint density at radius 3 is 2.61 bits per heavy atom. The van der Waals surface area contributed by atoms with Gasteiger partial charge in [-0.05, 0) is 5.92 Å². The number of hydrogen-bond acceptors (Lipinski definition) is 4. The van der Waals surface area contributed by atoms with Gasteiger partial charge in [-0.25, -0.2) is 4.98 Å². The minimum atomic E-state index is 0.0528. The third-order valence-corrected chi connectivity index (χ3v) is 3.72. The number of anilines is 1. The van der Waals surface area contributed by atoms with Crippen LogP contribution >= 0.6 is 23.2 Å². The molecule has 102 valence electrons. The summed E-state index contributed by atoms with van der Waals surface area (Å²) < 4.78 is 4.95. The van der Waals surface area contributed by atoms with E-state index in [-0.39, 0.29) is 11.4 Å². The van der Waals surface area contributed by atoms with E-state index in [9.17, 15) is 0 Å². The number of alkyl halides is 1. The highest BCUT2D eigenvalue weighted by molar-refractivity contribution is 6.32. The van der Waals surface area contributed by atoms with Gasteiger partial charge in [0.15, 0.2) is 5.82 Å². The molecule has 0 aliphatic heterocycles. The minimum absolute atomic E-state index is 0.0528. The Balaban J connectivity index is 2.62. The van der Waals surface area contributed by atoms with E-state index in [1.54, 1.807) is 0 Å². The van der Waals surface area contributed by atoms with Crippen molar-refractivity contribution < 1.29 is 4.74 Å². The maximum absolute atomic E-state index is 6.34. The molecule has 1 aromatic heterocycles. The van der Waals surface area contributed by atoms with Crippen molar-refractivity contribution in [1.29, 1.82) is 0 Å². The van der Waals surface area contributed by atoms with E-state index in [2.05, 4.69) is 29.1 Å². The van der Waals surface area contributed by atoms with Crippen molar-refractivity contribution in [2.75, 3.05) is 19.0 Å². The first kappa shape index (κ1) is 15.3. The number of aromatic nitrogens is 2. The number of rotatable bonds is 7. The van der Waals surface area contributed by atoms with Crippen molar-refractivity contribution in [2.45, 2.75) is 32.1 Å². The van der Waals surface area contributed by atoms with Gasteiger partial charge in [0.05, 0.1) is 18.7 Å². The average molecular weight is 292 g/mol. The van der Waals surface area contributed by atoms with Crippen LogP contribution in [-0.2, 0) is 0 Å². The van der Waals surface area contributed by atoms with E-state index in [1.807, 2.05) is 0 Å². The maximum Gasteiger partial charge on any atom is 0.318 e. The Labute approximate surface area is 118 Å². The molecule has 0 aliphatic rings. The second kappa shape index (κ2) is 7.64. The third kappa shape index (κ3) is 4.18. The van der Waals surface area contributed by atoms with Crippen LogP contribution in [0.1, 0.15) is 26.7 Å². The molecule has 1 heterocycles. The summed E-state index contributed by atoms with van der Waals surface area (Å²) in [6.45, 7) is 4.91. The number of halogens is 2. The summed E-state index contributed by atoms with van der Waals surface area (Å²) in [5.74, 6) is 1.04. The maximum atomic E-state index is 6.34. The van der Waals surface area contributed by atoms with Gasteiger partial charge in [0.25, 0.3) is 0 Å². The Morgan fingerprint density at radius 1 is 1.39 bits per heavy atom. The summed E-state index contributed by atoms with van der Waals surface area (Å²) in [6.07, 6.45) is 3.64. The molecule has 1 unspecified atom stereocenters. The van der Waals surface area contributed by atoms with Gasteiger partial charge in [0, 0.05) is 6.54 Å². The summed E-state index contributed by atoms with van der Waals surface area (Å²) in [4.78, 5) is 8.05. The van der Waals surface area contributed by atoms with Crippen LogP contribution in [0.25, 0.3) is 0 Å². The van der Waals surface area contributed by atoms with E-state index in [4.69, 9.17) is 27.9 Å². The zero-order valence-corrected chi connectivity index (χ0v) is 12.4. The SMILES string of the molecule is CCC(CC)C(Cl)CNc1nc(OC)ncc1Cl. The standard InChI is InChI=1S/C12H19Cl2N3O/c1-4-8(5-2)9(13)6-15-11-10(14)7-16-12(17-11)18-3/h7-9H,4-6H2,1-3H3,(H,15,16,17). The minimum Gasteiger partial charge on any atom is -0.467 e. The molecule has 0 aromatic carbocycles. The van der Waals surface area contributed by atoms with Crippen LogP contribution in [0.15, 0.2) is 6.20 Å². The van der Waals surface area contributed by atoms with Crippen molar-refractivity contribution in [2.24, 2.45) is 5.92 Å². The van der Waals surface area contributed by atoms with Gasteiger partial charge >= 0.3 is 6.01 Å². The van der Waals surface area contributed by atoms with E-state index < -0.39 is 0 Å². The Bertz CT molecular complexity index is 372. The van der Waals surface area contributed by atoms with Gasteiger partial charge in [-0.15, -0.1) is 11.6 Å². The highest BCUT2D eigenvalue weighted by atomic mass is 35.5. The lowest BCUT2D eigenvalue weighted by Gasteiger charge is -2.20. The van der Waals surface area contributed by atoms with E-state index in [1.165, 1.54) is 13.3 Å². The van der Waals surface area contributed by atoms with Crippen LogP contribution in [0.5, 0.6) is 6.01 Å². The molecule has 0 spiro atoms. The molecule has 4 nitrogen and oxygen atoms in total. The molecular formula is C12H19Cl2N3O. The van der Waals surface area contributed by atoms with Gasteiger partial charge in [0.1, 0.15) is 5.02 Å². The first-order valence-corrected chi connectivity index (χ1v) is 6.88. The van der Waals surface area contributed by atoms with Crippen molar-refractivity contribution in [3.05, 3.63) is 11.2 Å². The summed E-state index contributed by atoms with van der Waals surface area (Å²) in [5.41, 5.74) is 0. The monoisotopic (exact) mass is 291 g/mol. The topological polar surface area (TPSA) is 47.0 Å². The fourth-order valence-electron chi connectivity index (χ4n) is 1.73. The fourth-order valence-corrected chi connectivity index (χ4v) is 2.33. The van der Waals surface area contributed by atoms with Gasteiger partial charge in [-0.2, -0.15) is 4.98 Å². The zero-order valence-electron chi connectivity index (χ0n) is 10.9. The average Bonchev–Trinajstić information content (AvgIpc) is 2.39. The molecule has 1 rings (SSSR count). The molecule has 1 N–H and O–H groups in total. The Hall–Kier alpha value is -0.740. The van der Waals surface area contributed by atoms with Gasteiger partial charge in [-0.3, -0.25) is 0 Å². The molecule has 0 saturated heterocycles. The van der Waals surface area contributed by atoms with Gasteiger partial charge in [-0.1, -0.05) is 38.3 Å². The predicted molar refractivity (Wildman–Crippen MR) is 75.8 cm³/mol. The molecule has 1 atom stereocenters. The Morgan fingerprint density at radius 2 is 2.06 bits per heavy atom. The van der Waals surface area contributed by atoms with Gasteiger partial charge in [0.2, 0.25) is 0 Å². The van der Waals surface area contributed by atoms with Crippen LogP contribution in [-0.4, -0.2) is 29.0 Å². The molecule has 0 bridgehead atoms. The first-order chi connectivity index (χ1) is 8.62. The molecule has 0 radical (unpaired) electrons. The second-order valence-corrected chi connectivity index (χ2v) is 4.99. The van der Waals surface area contributed by atoms with Crippen LogP contribution in [0, 0.1) is 5.92 Å². The van der Waals surface area contributed by atoms with Crippen LogP contribution < -0.4 is 10.1 Å². The number of ether oxygens (including phenoxy) is 1. The quantitative estimate of drug-likeness (QED) is 0.780. The normalized spacial score (nSPS) is 12.6. The van der Waals surface area contributed by atoms with Crippen molar-refractivity contribution in [3.8, 4) is 6.01 Å². The number of nitrogens with zero attached hydrogens (tertiary/aromatic N) is 2. The summed E-state index contributed by atoms with van der Waals surface area (Å²) >= 11 is 12.3. The summed E-state index contributed by atoms with van der Waals surface area (Å²) in [5, 5.41) is 3.66. The largest absolute Gasteiger partial charge is 0.467 e. The molecule has 6 heteroatoms. The van der Waals surface area contributed by atoms with Crippen LogP contribution in [0.4, 0.5) is 5.82 Å². The number of nitrogens with one attached hydrogen (secondary N) is 1. The smallest absolute Gasteiger partial charge is 0.318 e. The van der Waals surface area contributed by atoms with Crippen LogP contribution in [0.2, 0.25) is 5.02 Å². The summed E-state index contributed by atoms with van der Waals surface area (Å²) in [6, 6.07) is 0.288. The molecule has 0 fully saturated rings. The zero-order chi connectivity index (χ0) is 13.5. The molecule has 1 aromatic rings. The lowest BCUT2D eigenvalue weighted by atomic mass is 9.99. The molecule has 18 heavy (non-hydrogen) atoms. The lowest BCUT2D eigenvalue weighted by Crippen LogP contribution is -2.23. The van der Waals surface area contributed by atoms with Crippen molar-refractivity contribution >= 4 is 29.0 Å². The summed E-state index contributed by atoms with van der Waals surface area (Å²) in [7, 11) is 1.52. The van der Waals surface area contributed by atoms with Crippen LogP contribution in [0.3, 0.4) is 0 Å². The number of hydrogen-bond donors (Lipinski definition) is 1. The Kier molecular flexibility index (Phi) is 6.50. The predicted octanol–water partition coefficient (Wildman–Crippen LogP) is 3.59. The second-order valence-electron chi connectivity index (χ2n) is 4.03. The van der Waals surface area contributed by atoms with Crippen molar-refractivity contribution in [1.82, 2.24) is 9.97 Å². The highest BCUT2D eigenvalue weighted by Gasteiger charge is 2.16. The van der Waals surface area contributed by atoms with Gasteiger partial charge < -0.3 is 10.1 Å².